The number of sulfonamides is 1. The summed E-state index contributed by atoms with van der Waals surface area (Å²) in [7, 11) is -1.84. The lowest BCUT2D eigenvalue weighted by Crippen LogP contribution is -2.43. The van der Waals surface area contributed by atoms with E-state index in [1.54, 1.807) is 19.2 Å². The fraction of sp³-hybridized carbons (Fsp3) is 0.571. The van der Waals surface area contributed by atoms with Crippen LogP contribution in [0.2, 0.25) is 0 Å². The van der Waals surface area contributed by atoms with E-state index in [0.29, 0.717) is 24.5 Å². The summed E-state index contributed by atoms with van der Waals surface area (Å²) in [6.45, 7) is 3.13. The second-order valence-electron chi connectivity index (χ2n) is 5.11. The van der Waals surface area contributed by atoms with E-state index in [4.69, 9.17) is 10.5 Å². The van der Waals surface area contributed by atoms with E-state index in [1.807, 2.05) is 13.0 Å². The third-order valence-corrected chi connectivity index (χ3v) is 5.92. The summed E-state index contributed by atoms with van der Waals surface area (Å²) in [5.41, 5.74) is 7.27. The highest BCUT2D eigenvalue weighted by Gasteiger charge is 2.31. The minimum atomic E-state index is -3.47. The Morgan fingerprint density at radius 2 is 2.20 bits per heavy atom. The Bertz CT molecular complexity index is 572. The van der Waals surface area contributed by atoms with Gasteiger partial charge in [0.2, 0.25) is 10.0 Å². The minimum Gasteiger partial charge on any atom is -0.380 e. The molecular formula is C14H22N2O3S. The Morgan fingerprint density at radius 3 is 2.85 bits per heavy atom. The van der Waals surface area contributed by atoms with Crippen molar-refractivity contribution >= 4 is 10.0 Å². The van der Waals surface area contributed by atoms with Crippen molar-refractivity contribution < 1.29 is 13.2 Å². The van der Waals surface area contributed by atoms with Crippen LogP contribution in [-0.4, -0.2) is 39.0 Å². The van der Waals surface area contributed by atoms with Gasteiger partial charge in [0.25, 0.3) is 0 Å². The maximum Gasteiger partial charge on any atom is 0.243 e. The molecule has 0 amide bonds. The monoisotopic (exact) mass is 298 g/mol. The van der Waals surface area contributed by atoms with Crippen LogP contribution in [0.15, 0.2) is 23.1 Å². The van der Waals surface area contributed by atoms with Gasteiger partial charge in [0, 0.05) is 26.7 Å². The van der Waals surface area contributed by atoms with Gasteiger partial charge < -0.3 is 10.5 Å². The molecule has 2 N–H and O–H groups in total. The second-order valence-corrected chi connectivity index (χ2v) is 7.01. The molecule has 1 aromatic carbocycles. The number of hydrogen-bond acceptors (Lipinski definition) is 4. The second kappa shape index (κ2) is 6.22. The third-order valence-electron chi connectivity index (χ3n) is 3.91. The highest BCUT2D eigenvalue weighted by Crippen LogP contribution is 2.25. The van der Waals surface area contributed by atoms with Crippen LogP contribution in [0.3, 0.4) is 0 Å². The van der Waals surface area contributed by atoms with Gasteiger partial charge in [0.05, 0.1) is 11.0 Å². The van der Waals surface area contributed by atoms with Crippen LogP contribution >= 0.6 is 0 Å². The topological polar surface area (TPSA) is 72.6 Å². The van der Waals surface area contributed by atoms with Crippen molar-refractivity contribution in [3.8, 4) is 0 Å². The summed E-state index contributed by atoms with van der Waals surface area (Å²) in [5, 5.41) is 0. The van der Waals surface area contributed by atoms with Gasteiger partial charge in [-0.05, 0) is 37.0 Å². The zero-order valence-corrected chi connectivity index (χ0v) is 12.8. The smallest absolute Gasteiger partial charge is 0.243 e. The number of hydrogen-bond donors (Lipinski definition) is 1. The molecule has 2 rings (SSSR count). The van der Waals surface area contributed by atoms with E-state index in [1.165, 1.54) is 4.31 Å². The number of benzene rings is 1. The van der Waals surface area contributed by atoms with E-state index < -0.39 is 10.0 Å². The fourth-order valence-electron chi connectivity index (χ4n) is 2.62. The molecule has 1 atom stereocenters. The number of nitrogens with zero attached hydrogens (tertiary/aromatic N) is 1. The van der Waals surface area contributed by atoms with Gasteiger partial charge in [-0.2, -0.15) is 4.31 Å². The largest absolute Gasteiger partial charge is 0.380 e. The summed E-state index contributed by atoms with van der Waals surface area (Å²) in [5.74, 6) is 0. The predicted molar refractivity (Wildman–Crippen MR) is 77.9 cm³/mol. The van der Waals surface area contributed by atoms with Crippen molar-refractivity contribution in [2.45, 2.75) is 37.3 Å². The van der Waals surface area contributed by atoms with Crippen molar-refractivity contribution in [1.82, 2.24) is 4.31 Å². The Hall–Kier alpha value is -0.950. The number of piperidine rings is 1. The Kier molecular flexibility index (Phi) is 4.80. The molecule has 1 aliphatic heterocycles. The van der Waals surface area contributed by atoms with Gasteiger partial charge in [-0.1, -0.05) is 12.1 Å². The van der Waals surface area contributed by atoms with Gasteiger partial charge in [-0.3, -0.25) is 0 Å². The summed E-state index contributed by atoms with van der Waals surface area (Å²) in [6, 6.07) is 5.27. The van der Waals surface area contributed by atoms with Gasteiger partial charge in [-0.25, -0.2) is 8.42 Å². The molecule has 1 aromatic rings. The lowest BCUT2D eigenvalue weighted by atomic mass is 10.1. The maximum atomic E-state index is 12.8. The molecule has 1 fully saturated rings. The SMILES string of the molecule is COC1CCCN(S(=O)(=O)c2cccc(CN)c2C)C1. The lowest BCUT2D eigenvalue weighted by Gasteiger charge is -2.31. The van der Waals surface area contributed by atoms with Crippen molar-refractivity contribution in [3.63, 3.8) is 0 Å². The third kappa shape index (κ3) is 2.88. The first-order valence-electron chi connectivity index (χ1n) is 6.82. The molecule has 1 unspecified atom stereocenters. The predicted octanol–water partition coefficient (Wildman–Crippen LogP) is 1.25. The van der Waals surface area contributed by atoms with Crippen LogP contribution in [0.5, 0.6) is 0 Å². The quantitative estimate of drug-likeness (QED) is 0.908. The first-order valence-corrected chi connectivity index (χ1v) is 8.26. The fourth-order valence-corrected chi connectivity index (χ4v) is 4.39. The molecule has 112 valence electrons. The molecule has 0 spiro atoms. The average molecular weight is 298 g/mol. The molecule has 1 aliphatic rings. The average Bonchev–Trinajstić information content (AvgIpc) is 2.47. The number of nitrogens with two attached hydrogens (primary N) is 1. The van der Waals surface area contributed by atoms with Gasteiger partial charge >= 0.3 is 0 Å². The zero-order chi connectivity index (χ0) is 14.8. The first kappa shape index (κ1) is 15.4. The minimum absolute atomic E-state index is 0.0171. The van der Waals surface area contributed by atoms with Crippen molar-refractivity contribution in [2.24, 2.45) is 5.73 Å². The van der Waals surface area contributed by atoms with Crippen molar-refractivity contribution in [3.05, 3.63) is 29.3 Å². The van der Waals surface area contributed by atoms with Gasteiger partial charge in [-0.15, -0.1) is 0 Å². The highest BCUT2D eigenvalue weighted by atomic mass is 32.2. The highest BCUT2D eigenvalue weighted by molar-refractivity contribution is 7.89. The number of methoxy groups -OCH3 is 1. The molecular weight excluding hydrogens is 276 g/mol. The molecule has 5 nitrogen and oxygen atoms in total. The molecule has 0 saturated carbocycles. The van der Waals surface area contributed by atoms with E-state index in [0.717, 1.165) is 24.0 Å². The van der Waals surface area contributed by atoms with Crippen LogP contribution in [0, 0.1) is 6.92 Å². The van der Waals surface area contributed by atoms with Crippen LogP contribution in [-0.2, 0) is 21.3 Å². The van der Waals surface area contributed by atoms with Crippen molar-refractivity contribution in [2.75, 3.05) is 20.2 Å². The Balaban J connectivity index is 2.35. The Labute approximate surface area is 120 Å². The summed E-state index contributed by atoms with van der Waals surface area (Å²) < 4.78 is 32.4. The first-order chi connectivity index (χ1) is 9.50. The molecule has 6 heteroatoms. The molecule has 20 heavy (non-hydrogen) atoms. The summed E-state index contributed by atoms with van der Waals surface area (Å²) in [4.78, 5) is 0.359. The van der Waals surface area contributed by atoms with E-state index in [9.17, 15) is 8.42 Å². The van der Waals surface area contributed by atoms with Crippen molar-refractivity contribution in [1.29, 1.82) is 0 Å². The molecule has 0 aromatic heterocycles. The summed E-state index contributed by atoms with van der Waals surface area (Å²) in [6.07, 6.45) is 1.72. The van der Waals surface area contributed by atoms with Crippen LogP contribution in [0.25, 0.3) is 0 Å². The van der Waals surface area contributed by atoms with Crippen LogP contribution in [0.1, 0.15) is 24.0 Å². The van der Waals surface area contributed by atoms with Gasteiger partial charge in [0.1, 0.15) is 0 Å². The summed E-state index contributed by atoms with van der Waals surface area (Å²) >= 11 is 0. The Morgan fingerprint density at radius 1 is 1.45 bits per heavy atom. The number of rotatable bonds is 4. The lowest BCUT2D eigenvalue weighted by molar-refractivity contribution is 0.0571. The van der Waals surface area contributed by atoms with E-state index >= 15 is 0 Å². The molecule has 0 aliphatic carbocycles. The molecule has 0 radical (unpaired) electrons. The zero-order valence-electron chi connectivity index (χ0n) is 12.0. The normalized spacial score (nSPS) is 21.1. The standard InChI is InChI=1S/C14H22N2O3S/c1-11-12(9-15)5-3-7-14(11)20(17,18)16-8-4-6-13(10-16)19-2/h3,5,7,13H,4,6,8-10,15H2,1-2H3. The molecule has 1 heterocycles. The van der Waals surface area contributed by atoms with E-state index in [2.05, 4.69) is 0 Å². The maximum absolute atomic E-state index is 12.8. The van der Waals surface area contributed by atoms with Gasteiger partial charge in [0.15, 0.2) is 0 Å². The number of ether oxygens (including phenoxy) is 1. The molecule has 0 bridgehead atoms. The van der Waals surface area contributed by atoms with Crippen LogP contribution < -0.4 is 5.73 Å². The van der Waals surface area contributed by atoms with Crippen LogP contribution in [0.4, 0.5) is 0 Å². The molecule has 1 saturated heterocycles. The van der Waals surface area contributed by atoms with E-state index in [-0.39, 0.29) is 6.10 Å².